The van der Waals surface area contributed by atoms with Gasteiger partial charge >= 0.3 is 0 Å². The average Bonchev–Trinajstić information content (AvgIpc) is 2.69. The molecular formula is C21H40O4. The maximum atomic E-state index is 11.7. The number of methoxy groups -OCH3 is 1. The number of carbonyl (C=O) groups excluding carboxylic acids is 1. The number of rotatable bonds is 8. The fraction of sp³-hybridized carbons (Fsp3) is 0.762. The molecule has 0 aliphatic heterocycles. The van der Waals surface area contributed by atoms with Gasteiger partial charge in [-0.25, -0.2) is 0 Å². The van der Waals surface area contributed by atoms with E-state index in [9.17, 15) is 9.90 Å². The quantitative estimate of drug-likeness (QED) is 0.507. The van der Waals surface area contributed by atoms with Crippen LogP contribution >= 0.6 is 0 Å². The van der Waals surface area contributed by atoms with E-state index in [-0.39, 0.29) is 18.0 Å². The Balaban J connectivity index is -0.000000725. The summed E-state index contributed by atoms with van der Waals surface area (Å²) in [5, 5.41) is 16.5. The van der Waals surface area contributed by atoms with Crippen molar-refractivity contribution in [3.63, 3.8) is 0 Å². The molecule has 0 aromatic heterocycles. The molecule has 0 bridgehead atoms. The summed E-state index contributed by atoms with van der Waals surface area (Å²) in [6, 6.07) is 0. The molecular weight excluding hydrogens is 316 g/mol. The van der Waals surface area contributed by atoms with E-state index in [0.29, 0.717) is 18.8 Å². The molecule has 0 aromatic rings. The summed E-state index contributed by atoms with van der Waals surface area (Å²) >= 11 is 0. The first kappa shape index (κ1) is 28.6. The van der Waals surface area contributed by atoms with Crippen LogP contribution in [0.1, 0.15) is 72.1 Å². The Morgan fingerprint density at radius 3 is 2.16 bits per heavy atom. The SMILES string of the molecule is C#C.C/C=C\CC(=O)C[C@@H](CCC1CCC(O)CC1)OC.CC.CO. The number of hydrogen-bond donors (Lipinski definition) is 2. The number of allylic oxidation sites excluding steroid dienone is 2. The van der Waals surface area contributed by atoms with Crippen LogP contribution in [0.2, 0.25) is 0 Å². The van der Waals surface area contributed by atoms with Gasteiger partial charge in [0, 0.05) is 27.1 Å². The van der Waals surface area contributed by atoms with E-state index < -0.39 is 0 Å². The highest BCUT2D eigenvalue weighted by Gasteiger charge is 2.21. The summed E-state index contributed by atoms with van der Waals surface area (Å²) in [5.74, 6) is 0.954. The second kappa shape index (κ2) is 22.9. The van der Waals surface area contributed by atoms with Gasteiger partial charge in [0.15, 0.2) is 0 Å². The lowest BCUT2D eigenvalue weighted by molar-refractivity contribution is -0.120. The highest BCUT2D eigenvalue weighted by molar-refractivity contribution is 5.80. The second-order valence-electron chi connectivity index (χ2n) is 5.63. The van der Waals surface area contributed by atoms with Crippen LogP contribution in [0.3, 0.4) is 0 Å². The zero-order valence-electron chi connectivity index (χ0n) is 16.9. The van der Waals surface area contributed by atoms with Gasteiger partial charge in [-0.3, -0.25) is 4.79 Å². The van der Waals surface area contributed by atoms with Gasteiger partial charge in [-0.05, 0) is 51.4 Å². The van der Waals surface area contributed by atoms with Gasteiger partial charge in [-0.1, -0.05) is 26.0 Å². The van der Waals surface area contributed by atoms with E-state index in [4.69, 9.17) is 9.84 Å². The number of aliphatic hydroxyl groups is 2. The third-order valence-corrected chi connectivity index (χ3v) is 4.08. The summed E-state index contributed by atoms with van der Waals surface area (Å²) < 4.78 is 5.42. The van der Waals surface area contributed by atoms with Crippen LogP contribution in [0, 0.1) is 18.8 Å². The molecule has 0 amide bonds. The van der Waals surface area contributed by atoms with Crippen molar-refractivity contribution in [2.75, 3.05) is 14.2 Å². The maximum Gasteiger partial charge on any atom is 0.139 e. The summed E-state index contributed by atoms with van der Waals surface area (Å²) in [6.45, 7) is 5.93. The maximum absolute atomic E-state index is 11.7. The summed E-state index contributed by atoms with van der Waals surface area (Å²) in [6.07, 6.45) is 19.0. The predicted octanol–water partition coefficient (Wildman–Crippen LogP) is 4.14. The molecule has 148 valence electrons. The van der Waals surface area contributed by atoms with Crippen molar-refractivity contribution < 1.29 is 19.7 Å². The summed E-state index contributed by atoms with van der Waals surface area (Å²) in [5.41, 5.74) is 0. The normalized spacial score (nSPS) is 20.0. The number of Topliss-reactive ketones (excluding diaryl/α,β-unsaturated/α-hetero) is 1. The van der Waals surface area contributed by atoms with E-state index in [1.54, 1.807) is 7.11 Å². The first-order chi connectivity index (χ1) is 12.2. The van der Waals surface area contributed by atoms with E-state index in [2.05, 4.69) is 12.8 Å². The molecule has 0 radical (unpaired) electrons. The van der Waals surface area contributed by atoms with Crippen LogP contribution in [0.5, 0.6) is 0 Å². The summed E-state index contributed by atoms with van der Waals surface area (Å²) in [4.78, 5) is 11.7. The first-order valence-corrected chi connectivity index (χ1v) is 9.27. The highest BCUT2D eigenvalue weighted by atomic mass is 16.5. The van der Waals surface area contributed by atoms with E-state index >= 15 is 0 Å². The lowest BCUT2D eigenvalue weighted by Gasteiger charge is -2.26. The van der Waals surface area contributed by atoms with Gasteiger partial charge < -0.3 is 14.9 Å². The Bertz CT molecular complexity index is 315. The van der Waals surface area contributed by atoms with E-state index in [1.165, 1.54) is 0 Å². The number of ketones is 1. The van der Waals surface area contributed by atoms with Gasteiger partial charge in [-0.2, -0.15) is 0 Å². The molecule has 1 rings (SSSR count). The molecule has 0 unspecified atom stereocenters. The van der Waals surface area contributed by atoms with Crippen LogP contribution < -0.4 is 0 Å². The lowest BCUT2D eigenvalue weighted by atomic mass is 9.84. The topological polar surface area (TPSA) is 66.8 Å². The van der Waals surface area contributed by atoms with Gasteiger partial charge in [0.2, 0.25) is 0 Å². The number of ether oxygens (including phenoxy) is 1. The number of hydrogen-bond acceptors (Lipinski definition) is 4. The average molecular weight is 357 g/mol. The van der Waals surface area contributed by atoms with Gasteiger partial charge in [0.1, 0.15) is 5.78 Å². The Labute approximate surface area is 155 Å². The van der Waals surface area contributed by atoms with Crippen LogP contribution in [-0.2, 0) is 9.53 Å². The van der Waals surface area contributed by atoms with Crippen LogP contribution in [0.15, 0.2) is 12.2 Å². The fourth-order valence-electron chi connectivity index (χ4n) is 2.74. The first-order valence-electron chi connectivity index (χ1n) is 9.27. The van der Waals surface area contributed by atoms with Crippen LogP contribution in [0.4, 0.5) is 0 Å². The molecule has 0 spiro atoms. The standard InChI is InChI=1S/C16H28O3.C2H6.C2H2.CH4O/c1-3-4-5-15(18)12-16(19-2)11-8-13-6-9-14(17)10-7-13;3*1-2/h3-4,13-14,16-17H,5-12H2,1-2H3;1-2H3;1-2H;2H,1H3/b4-3-;;;/t13?,14?,16-;;;/m1.../s1. The molecule has 1 fully saturated rings. The molecule has 4 heteroatoms. The largest absolute Gasteiger partial charge is 0.400 e. The number of terminal acetylenes is 1. The Hall–Kier alpha value is -1.15. The van der Waals surface area contributed by atoms with Crippen molar-refractivity contribution in [2.24, 2.45) is 5.92 Å². The Kier molecular flexibility index (Phi) is 26.2. The van der Waals surface area contributed by atoms with Gasteiger partial charge in [0.25, 0.3) is 0 Å². The second-order valence-corrected chi connectivity index (χ2v) is 5.63. The van der Waals surface area contributed by atoms with Gasteiger partial charge in [0.05, 0.1) is 12.2 Å². The molecule has 1 saturated carbocycles. The zero-order chi connectivity index (χ0) is 20.1. The molecule has 1 aliphatic carbocycles. The van der Waals surface area contributed by atoms with Crippen molar-refractivity contribution >= 4 is 5.78 Å². The van der Waals surface area contributed by atoms with Crippen molar-refractivity contribution in [2.45, 2.75) is 84.3 Å². The number of aliphatic hydroxyl groups excluding tert-OH is 2. The van der Waals surface area contributed by atoms with E-state index in [1.807, 2.05) is 32.9 Å². The molecule has 25 heavy (non-hydrogen) atoms. The Morgan fingerprint density at radius 1 is 1.20 bits per heavy atom. The van der Waals surface area contributed by atoms with Crippen molar-refractivity contribution in [1.29, 1.82) is 0 Å². The monoisotopic (exact) mass is 356 g/mol. The zero-order valence-corrected chi connectivity index (χ0v) is 16.9. The third kappa shape index (κ3) is 17.5. The van der Waals surface area contributed by atoms with Crippen molar-refractivity contribution in [1.82, 2.24) is 0 Å². The van der Waals surface area contributed by atoms with Crippen molar-refractivity contribution in [3.8, 4) is 12.8 Å². The lowest BCUT2D eigenvalue weighted by Crippen LogP contribution is -2.21. The molecule has 1 atom stereocenters. The highest BCUT2D eigenvalue weighted by Crippen LogP contribution is 2.28. The predicted molar refractivity (Wildman–Crippen MR) is 106 cm³/mol. The third-order valence-electron chi connectivity index (χ3n) is 4.08. The number of carbonyl (C=O) groups is 1. The van der Waals surface area contributed by atoms with Crippen LogP contribution in [-0.4, -0.2) is 42.4 Å². The van der Waals surface area contributed by atoms with Gasteiger partial charge in [-0.15, -0.1) is 12.8 Å². The minimum absolute atomic E-state index is 0.0598. The molecule has 0 heterocycles. The molecule has 4 nitrogen and oxygen atoms in total. The summed E-state index contributed by atoms with van der Waals surface area (Å²) in [7, 11) is 2.69. The minimum Gasteiger partial charge on any atom is -0.400 e. The molecule has 0 aromatic carbocycles. The Morgan fingerprint density at radius 2 is 1.72 bits per heavy atom. The fourth-order valence-corrected chi connectivity index (χ4v) is 2.74. The van der Waals surface area contributed by atoms with E-state index in [0.717, 1.165) is 45.6 Å². The smallest absolute Gasteiger partial charge is 0.139 e. The molecule has 1 aliphatic rings. The molecule has 2 N–H and O–H groups in total. The molecule has 0 saturated heterocycles. The minimum atomic E-state index is -0.0862. The van der Waals surface area contributed by atoms with Crippen molar-refractivity contribution in [3.05, 3.63) is 12.2 Å². The van der Waals surface area contributed by atoms with Crippen LogP contribution in [0.25, 0.3) is 0 Å².